The third kappa shape index (κ3) is 5.05. The lowest BCUT2D eigenvalue weighted by Crippen LogP contribution is -1.81. The second kappa shape index (κ2) is 7.34. The van der Waals surface area contributed by atoms with Gasteiger partial charge in [0.05, 0.1) is 0 Å². The molecule has 1 aromatic carbocycles. The van der Waals surface area contributed by atoms with Crippen molar-refractivity contribution in [3.05, 3.63) is 48.3 Å². The highest BCUT2D eigenvalue weighted by atomic mass is 16.1. The average Bonchev–Trinajstić information content (AvgIpc) is 2.19. The normalized spacial score (nSPS) is 8.67. The summed E-state index contributed by atoms with van der Waals surface area (Å²) in [6.07, 6.45) is 3.39. The topological polar surface area (TPSA) is 69.1 Å². The molecule has 0 saturated heterocycles. The number of aldehydes is 1. The van der Waals surface area contributed by atoms with Crippen molar-refractivity contribution in [2.24, 2.45) is 11.5 Å². The van der Waals surface area contributed by atoms with E-state index in [1.807, 2.05) is 18.2 Å². The minimum absolute atomic E-state index is 0.729. The lowest BCUT2D eigenvalue weighted by molar-refractivity contribution is 0.112. The second-order valence-corrected chi connectivity index (χ2v) is 1.91. The average molecular weight is 164 g/mol. The van der Waals surface area contributed by atoms with E-state index in [9.17, 15) is 4.79 Å². The molecule has 0 aliphatic heterocycles. The first kappa shape index (κ1) is 10.2. The Kier molecular flexibility index (Phi) is 6.26. The first-order chi connectivity index (χ1) is 5.85. The molecule has 64 valence electrons. The van der Waals surface area contributed by atoms with Crippen LogP contribution in [-0.4, -0.2) is 6.29 Å². The van der Waals surface area contributed by atoms with E-state index in [1.165, 1.54) is 12.4 Å². The van der Waals surface area contributed by atoms with E-state index in [0.29, 0.717) is 0 Å². The van der Waals surface area contributed by atoms with Crippen molar-refractivity contribution >= 4 is 6.29 Å². The molecule has 0 aliphatic carbocycles. The van der Waals surface area contributed by atoms with Gasteiger partial charge in [-0.1, -0.05) is 30.3 Å². The Bertz CT molecular complexity index is 228. The summed E-state index contributed by atoms with van der Waals surface area (Å²) in [5.74, 6) is 0. The van der Waals surface area contributed by atoms with E-state index in [2.05, 4.69) is 0 Å². The van der Waals surface area contributed by atoms with E-state index in [4.69, 9.17) is 11.5 Å². The fourth-order valence-corrected chi connectivity index (χ4v) is 0.532. The summed E-state index contributed by atoms with van der Waals surface area (Å²) >= 11 is 0. The highest BCUT2D eigenvalue weighted by molar-refractivity contribution is 5.74. The summed E-state index contributed by atoms with van der Waals surface area (Å²) in [6.45, 7) is 0. The van der Waals surface area contributed by atoms with Gasteiger partial charge in [0.25, 0.3) is 0 Å². The molecule has 0 bridgehead atoms. The number of carbonyl (C=O) groups excluding carboxylic acids is 1. The Labute approximate surface area is 71.7 Å². The Morgan fingerprint density at radius 2 is 1.50 bits per heavy atom. The molecule has 0 saturated carbocycles. The molecule has 0 atom stereocenters. The highest BCUT2D eigenvalue weighted by Gasteiger charge is 1.79. The van der Waals surface area contributed by atoms with E-state index in [1.54, 1.807) is 12.1 Å². The van der Waals surface area contributed by atoms with Crippen LogP contribution in [0.4, 0.5) is 0 Å². The van der Waals surface area contributed by atoms with Crippen LogP contribution in [0.15, 0.2) is 42.7 Å². The van der Waals surface area contributed by atoms with Gasteiger partial charge >= 0.3 is 0 Å². The van der Waals surface area contributed by atoms with Crippen LogP contribution in [0, 0.1) is 0 Å². The zero-order chi connectivity index (χ0) is 9.23. The summed E-state index contributed by atoms with van der Waals surface area (Å²) in [6, 6.07) is 9.10. The van der Waals surface area contributed by atoms with Crippen LogP contribution in [-0.2, 0) is 0 Å². The molecule has 0 fully saturated rings. The first-order valence-electron chi connectivity index (χ1n) is 3.44. The molecule has 1 aromatic rings. The number of nitrogens with two attached hydrogens (primary N) is 2. The van der Waals surface area contributed by atoms with Crippen LogP contribution < -0.4 is 11.5 Å². The van der Waals surface area contributed by atoms with Crippen molar-refractivity contribution in [2.75, 3.05) is 0 Å². The van der Waals surface area contributed by atoms with E-state index >= 15 is 0 Å². The Morgan fingerprint density at radius 3 is 1.75 bits per heavy atom. The Balaban J connectivity index is 0.000000261. The van der Waals surface area contributed by atoms with Crippen LogP contribution in [0.25, 0.3) is 0 Å². The molecule has 0 spiro atoms. The van der Waals surface area contributed by atoms with Gasteiger partial charge in [0.1, 0.15) is 6.29 Å². The molecule has 0 amide bonds. The third-order valence-corrected chi connectivity index (χ3v) is 1.05. The third-order valence-electron chi connectivity index (χ3n) is 1.05. The lowest BCUT2D eigenvalue weighted by Gasteiger charge is -1.81. The number of carbonyl (C=O) groups is 1. The molecule has 3 heteroatoms. The number of hydrogen-bond donors (Lipinski definition) is 2. The Hall–Kier alpha value is -1.77. The molecule has 4 N–H and O–H groups in total. The molecule has 1 rings (SSSR count). The minimum Gasteiger partial charge on any atom is -0.403 e. The molecular weight excluding hydrogens is 152 g/mol. The fraction of sp³-hybridized carbons (Fsp3) is 0. The highest BCUT2D eigenvalue weighted by Crippen LogP contribution is 1.91. The molecule has 0 heterocycles. The smallest absolute Gasteiger partial charge is 0.150 e. The van der Waals surface area contributed by atoms with Crippen molar-refractivity contribution in [1.82, 2.24) is 0 Å². The van der Waals surface area contributed by atoms with Crippen molar-refractivity contribution in [3.63, 3.8) is 0 Å². The van der Waals surface area contributed by atoms with Crippen molar-refractivity contribution < 1.29 is 4.79 Å². The zero-order valence-electron chi connectivity index (χ0n) is 6.68. The van der Waals surface area contributed by atoms with Crippen LogP contribution in [0.2, 0.25) is 0 Å². The zero-order valence-corrected chi connectivity index (χ0v) is 6.68. The van der Waals surface area contributed by atoms with Gasteiger partial charge in [-0.3, -0.25) is 4.79 Å². The van der Waals surface area contributed by atoms with Crippen molar-refractivity contribution in [1.29, 1.82) is 0 Å². The van der Waals surface area contributed by atoms with Crippen LogP contribution in [0.3, 0.4) is 0 Å². The SMILES string of the molecule is N/C=C/N.O=Cc1ccccc1. The maximum absolute atomic E-state index is 10.0. The first-order valence-corrected chi connectivity index (χ1v) is 3.44. The van der Waals surface area contributed by atoms with E-state index < -0.39 is 0 Å². The monoisotopic (exact) mass is 164 g/mol. The van der Waals surface area contributed by atoms with Gasteiger partial charge in [-0.2, -0.15) is 0 Å². The van der Waals surface area contributed by atoms with Gasteiger partial charge in [0.2, 0.25) is 0 Å². The maximum Gasteiger partial charge on any atom is 0.150 e. The van der Waals surface area contributed by atoms with Crippen LogP contribution >= 0.6 is 0 Å². The van der Waals surface area contributed by atoms with Gasteiger partial charge in [0, 0.05) is 18.0 Å². The molecule has 0 unspecified atom stereocenters. The maximum atomic E-state index is 10.0. The second-order valence-electron chi connectivity index (χ2n) is 1.91. The van der Waals surface area contributed by atoms with Gasteiger partial charge in [-0.25, -0.2) is 0 Å². The van der Waals surface area contributed by atoms with Gasteiger partial charge < -0.3 is 11.5 Å². The number of benzene rings is 1. The molecule has 0 radical (unpaired) electrons. The van der Waals surface area contributed by atoms with E-state index in [-0.39, 0.29) is 0 Å². The largest absolute Gasteiger partial charge is 0.403 e. The van der Waals surface area contributed by atoms with Gasteiger partial charge in [-0.15, -0.1) is 0 Å². The molecule has 3 nitrogen and oxygen atoms in total. The Morgan fingerprint density at radius 1 is 1.00 bits per heavy atom. The van der Waals surface area contributed by atoms with Crippen LogP contribution in [0.1, 0.15) is 10.4 Å². The van der Waals surface area contributed by atoms with Crippen molar-refractivity contribution in [3.8, 4) is 0 Å². The molecule has 12 heavy (non-hydrogen) atoms. The summed E-state index contributed by atoms with van der Waals surface area (Å²) in [5, 5.41) is 0. The number of hydrogen-bond acceptors (Lipinski definition) is 3. The molecule has 0 aliphatic rings. The summed E-state index contributed by atoms with van der Waals surface area (Å²) in [4.78, 5) is 10.0. The van der Waals surface area contributed by atoms with Crippen LogP contribution in [0.5, 0.6) is 0 Å². The quantitative estimate of drug-likeness (QED) is 0.605. The van der Waals surface area contributed by atoms with E-state index in [0.717, 1.165) is 11.8 Å². The summed E-state index contributed by atoms with van der Waals surface area (Å²) in [5.41, 5.74) is 10.2. The minimum atomic E-state index is 0.729. The predicted molar refractivity (Wildman–Crippen MR) is 49.3 cm³/mol. The standard InChI is InChI=1S/C7H6O.C2H6N2/c8-6-7-4-2-1-3-5-7;3-1-2-4/h1-6H;1-2H,3-4H2/b;2-1+. The summed E-state index contributed by atoms with van der Waals surface area (Å²) in [7, 11) is 0. The van der Waals surface area contributed by atoms with Crippen molar-refractivity contribution in [2.45, 2.75) is 0 Å². The number of rotatable bonds is 1. The fourth-order valence-electron chi connectivity index (χ4n) is 0.532. The van der Waals surface area contributed by atoms with Gasteiger partial charge in [-0.05, 0) is 0 Å². The van der Waals surface area contributed by atoms with Gasteiger partial charge in [0.15, 0.2) is 0 Å². The summed E-state index contributed by atoms with van der Waals surface area (Å²) < 4.78 is 0. The molecule has 0 aromatic heterocycles. The molecular formula is C9H12N2O. The lowest BCUT2D eigenvalue weighted by atomic mass is 10.2. The predicted octanol–water partition coefficient (Wildman–Crippen LogP) is 0.874.